The van der Waals surface area contributed by atoms with Crippen molar-refractivity contribution in [3.63, 3.8) is 0 Å². The number of nitrogens with one attached hydrogen (secondary N) is 1. The van der Waals surface area contributed by atoms with E-state index in [9.17, 15) is 0 Å². The number of anilines is 1. The van der Waals surface area contributed by atoms with Crippen LogP contribution in [-0.4, -0.2) is 28.4 Å². The Labute approximate surface area is 84.7 Å². The third-order valence-corrected chi connectivity index (χ3v) is 2.52. The minimum atomic E-state index is 0.273. The van der Waals surface area contributed by atoms with Crippen LogP contribution in [0.1, 0.15) is 25.6 Å². The van der Waals surface area contributed by atoms with Crippen LogP contribution >= 0.6 is 0 Å². The van der Waals surface area contributed by atoms with Crippen molar-refractivity contribution in [3.05, 3.63) is 5.82 Å². The second-order valence-corrected chi connectivity index (χ2v) is 3.78. The zero-order valence-corrected chi connectivity index (χ0v) is 9.28. The molecule has 80 valence electrons. The van der Waals surface area contributed by atoms with Gasteiger partial charge in [0.05, 0.1) is 0 Å². The lowest BCUT2D eigenvalue weighted by Gasteiger charge is -2.17. The zero-order valence-electron chi connectivity index (χ0n) is 9.28. The van der Waals surface area contributed by atoms with Gasteiger partial charge in [-0.1, -0.05) is 13.8 Å². The van der Waals surface area contributed by atoms with Gasteiger partial charge in [-0.05, 0) is 5.92 Å². The molecule has 1 atom stereocenters. The molecule has 0 amide bonds. The monoisotopic (exact) mass is 197 g/mol. The summed E-state index contributed by atoms with van der Waals surface area (Å²) in [4.78, 5) is 0. The summed E-state index contributed by atoms with van der Waals surface area (Å²) in [7, 11) is 3.78. The minimum absolute atomic E-state index is 0.273. The van der Waals surface area contributed by atoms with Gasteiger partial charge < -0.3 is 15.6 Å². The molecule has 3 N–H and O–H groups in total. The normalized spacial score (nSPS) is 13.3. The summed E-state index contributed by atoms with van der Waals surface area (Å²) in [6.45, 7) is 4.89. The van der Waals surface area contributed by atoms with Gasteiger partial charge in [0.15, 0.2) is 0 Å². The maximum absolute atomic E-state index is 5.72. The molecule has 0 radical (unpaired) electrons. The van der Waals surface area contributed by atoms with E-state index in [1.165, 1.54) is 0 Å². The maximum Gasteiger partial charge on any atom is 0.224 e. The highest BCUT2D eigenvalue weighted by Gasteiger charge is 2.20. The first-order valence-electron chi connectivity index (χ1n) is 4.88. The summed E-state index contributed by atoms with van der Waals surface area (Å²) < 4.78 is 1.96. The van der Waals surface area contributed by atoms with Gasteiger partial charge >= 0.3 is 0 Å². The van der Waals surface area contributed by atoms with Gasteiger partial charge in [-0.15, -0.1) is 10.2 Å². The molecule has 1 heterocycles. The van der Waals surface area contributed by atoms with E-state index >= 15 is 0 Å². The van der Waals surface area contributed by atoms with Crippen LogP contribution in [0.5, 0.6) is 0 Å². The predicted octanol–water partition coefficient (Wildman–Crippen LogP) is 0.555. The molecule has 1 unspecified atom stereocenters. The highest BCUT2D eigenvalue weighted by atomic mass is 15.3. The van der Waals surface area contributed by atoms with Crippen LogP contribution in [0.4, 0.5) is 5.95 Å². The van der Waals surface area contributed by atoms with Crippen molar-refractivity contribution in [3.8, 4) is 0 Å². The number of aromatic nitrogens is 3. The van der Waals surface area contributed by atoms with Gasteiger partial charge in [-0.25, -0.2) is 0 Å². The molecule has 5 nitrogen and oxygen atoms in total. The number of nitrogens with zero attached hydrogens (tertiary/aromatic N) is 3. The van der Waals surface area contributed by atoms with E-state index in [-0.39, 0.29) is 5.92 Å². The Morgan fingerprint density at radius 2 is 2.07 bits per heavy atom. The first kappa shape index (κ1) is 11.0. The van der Waals surface area contributed by atoms with Gasteiger partial charge in [-0.2, -0.15) is 0 Å². The molecule has 0 aliphatic rings. The smallest absolute Gasteiger partial charge is 0.224 e. The molecule has 1 aromatic rings. The molecule has 0 fully saturated rings. The van der Waals surface area contributed by atoms with Crippen LogP contribution in [0.25, 0.3) is 0 Å². The van der Waals surface area contributed by atoms with E-state index in [4.69, 9.17) is 5.73 Å². The Morgan fingerprint density at radius 3 is 2.43 bits per heavy atom. The topological polar surface area (TPSA) is 68.8 Å². The van der Waals surface area contributed by atoms with Crippen molar-refractivity contribution in [2.24, 2.45) is 18.7 Å². The Bertz CT molecular complexity index is 291. The van der Waals surface area contributed by atoms with Gasteiger partial charge in [0.1, 0.15) is 5.82 Å². The first-order valence-corrected chi connectivity index (χ1v) is 4.88. The number of hydrogen-bond acceptors (Lipinski definition) is 4. The Balaban J connectivity index is 2.99. The summed E-state index contributed by atoms with van der Waals surface area (Å²) in [6.07, 6.45) is 0. The molecule has 0 saturated carbocycles. The van der Waals surface area contributed by atoms with Gasteiger partial charge in [-0.3, -0.25) is 0 Å². The molecule has 1 aromatic heterocycles. The average Bonchev–Trinajstić information content (AvgIpc) is 2.49. The lowest BCUT2D eigenvalue weighted by atomic mass is 9.95. The van der Waals surface area contributed by atoms with Crippen molar-refractivity contribution < 1.29 is 0 Å². The largest absolute Gasteiger partial charge is 0.357 e. The number of nitrogens with two attached hydrogens (primary N) is 1. The molecule has 0 saturated heterocycles. The predicted molar refractivity (Wildman–Crippen MR) is 57.2 cm³/mol. The zero-order chi connectivity index (χ0) is 10.7. The Hall–Kier alpha value is -1.10. The third-order valence-electron chi connectivity index (χ3n) is 2.52. The van der Waals surface area contributed by atoms with E-state index < -0.39 is 0 Å². The van der Waals surface area contributed by atoms with Crippen LogP contribution in [0.15, 0.2) is 0 Å². The quantitative estimate of drug-likeness (QED) is 0.740. The van der Waals surface area contributed by atoms with Gasteiger partial charge in [0.2, 0.25) is 5.95 Å². The second kappa shape index (κ2) is 4.41. The highest BCUT2D eigenvalue weighted by molar-refractivity contribution is 5.25. The molecule has 0 bridgehead atoms. The molecule has 0 spiro atoms. The molecule has 1 rings (SSSR count). The Morgan fingerprint density at radius 1 is 1.43 bits per heavy atom. The van der Waals surface area contributed by atoms with Crippen molar-refractivity contribution in [2.75, 3.05) is 18.9 Å². The van der Waals surface area contributed by atoms with E-state index in [0.29, 0.717) is 12.5 Å². The Kier molecular flexibility index (Phi) is 3.46. The summed E-state index contributed by atoms with van der Waals surface area (Å²) in [5.74, 6) is 2.48. The second-order valence-electron chi connectivity index (χ2n) is 3.78. The van der Waals surface area contributed by atoms with Gasteiger partial charge in [0.25, 0.3) is 0 Å². The summed E-state index contributed by atoms with van der Waals surface area (Å²) in [5, 5.41) is 11.2. The minimum Gasteiger partial charge on any atom is -0.357 e. The first-order chi connectivity index (χ1) is 6.61. The van der Waals surface area contributed by atoms with Gasteiger partial charge in [0, 0.05) is 26.6 Å². The van der Waals surface area contributed by atoms with Crippen molar-refractivity contribution in [1.82, 2.24) is 14.8 Å². The molecular weight excluding hydrogens is 178 g/mol. The van der Waals surface area contributed by atoms with Crippen molar-refractivity contribution >= 4 is 5.95 Å². The number of rotatable bonds is 4. The fourth-order valence-electron chi connectivity index (χ4n) is 1.56. The molecule has 0 aliphatic carbocycles. The van der Waals surface area contributed by atoms with Crippen LogP contribution < -0.4 is 11.1 Å². The SMILES string of the molecule is CNc1nnc(C(CN)C(C)C)n1C. The fourth-order valence-corrected chi connectivity index (χ4v) is 1.56. The fraction of sp³-hybridized carbons (Fsp3) is 0.778. The summed E-state index contributed by atoms with van der Waals surface area (Å²) in [5.41, 5.74) is 5.72. The number of hydrogen-bond donors (Lipinski definition) is 2. The van der Waals surface area contributed by atoms with Crippen LogP contribution in [0.2, 0.25) is 0 Å². The standard InChI is InChI=1S/C9H19N5/c1-6(2)7(5-10)8-12-13-9(11-3)14(8)4/h6-7H,5,10H2,1-4H3,(H,11,13). The van der Waals surface area contributed by atoms with E-state index in [2.05, 4.69) is 29.4 Å². The van der Waals surface area contributed by atoms with Crippen LogP contribution in [0.3, 0.4) is 0 Å². The lowest BCUT2D eigenvalue weighted by molar-refractivity contribution is 0.471. The van der Waals surface area contributed by atoms with Crippen LogP contribution in [-0.2, 0) is 7.05 Å². The van der Waals surface area contributed by atoms with E-state index in [0.717, 1.165) is 11.8 Å². The maximum atomic E-state index is 5.72. The van der Waals surface area contributed by atoms with Crippen molar-refractivity contribution in [1.29, 1.82) is 0 Å². The lowest BCUT2D eigenvalue weighted by Crippen LogP contribution is -2.21. The average molecular weight is 197 g/mol. The molecule has 14 heavy (non-hydrogen) atoms. The molecule has 0 aliphatic heterocycles. The highest BCUT2D eigenvalue weighted by Crippen LogP contribution is 2.22. The van der Waals surface area contributed by atoms with Crippen LogP contribution in [0, 0.1) is 5.92 Å². The summed E-state index contributed by atoms with van der Waals surface area (Å²) >= 11 is 0. The molecule has 0 aromatic carbocycles. The summed E-state index contributed by atoms with van der Waals surface area (Å²) in [6, 6.07) is 0. The molecule has 5 heteroatoms. The van der Waals surface area contributed by atoms with Crippen molar-refractivity contribution in [2.45, 2.75) is 19.8 Å². The third kappa shape index (κ3) is 1.87. The molecular formula is C9H19N5. The van der Waals surface area contributed by atoms with E-state index in [1.807, 2.05) is 18.7 Å². The van der Waals surface area contributed by atoms with E-state index in [1.54, 1.807) is 0 Å².